The summed E-state index contributed by atoms with van der Waals surface area (Å²) in [5.41, 5.74) is 1.57. The van der Waals surface area contributed by atoms with E-state index in [1.807, 2.05) is 18.2 Å². The van der Waals surface area contributed by atoms with Gasteiger partial charge in [-0.3, -0.25) is 4.79 Å². The Hall–Kier alpha value is -2.67. The summed E-state index contributed by atoms with van der Waals surface area (Å²) in [6.07, 6.45) is 6.48. The summed E-state index contributed by atoms with van der Waals surface area (Å²) < 4.78 is 14.4. The molecule has 1 aromatic carbocycles. The molecule has 0 spiro atoms. The first-order chi connectivity index (χ1) is 10.2. The van der Waals surface area contributed by atoms with Gasteiger partial charge in [0.2, 0.25) is 0 Å². The summed E-state index contributed by atoms with van der Waals surface area (Å²) in [4.78, 5) is 11.9. The lowest BCUT2D eigenvalue weighted by atomic mass is 10.1. The molecule has 0 amide bonds. The minimum absolute atomic E-state index is 0.0887. The number of hydrogen-bond donors (Lipinski definition) is 0. The van der Waals surface area contributed by atoms with Crippen LogP contribution in [0.4, 0.5) is 4.39 Å². The summed E-state index contributed by atoms with van der Waals surface area (Å²) in [5, 5.41) is 8.48. The van der Waals surface area contributed by atoms with Crippen LogP contribution in [-0.2, 0) is 6.54 Å². The highest BCUT2D eigenvalue weighted by molar-refractivity contribution is 5.69. The molecule has 1 aromatic heterocycles. The first-order valence-corrected chi connectivity index (χ1v) is 6.70. The number of pyridine rings is 1. The van der Waals surface area contributed by atoms with Gasteiger partial charge < -0.3 is 4.57 Å². The smallest absolute Gasteiger partial charge is 0.251 e. The Bertz CT molecular complexity index is 724. The van der Waals surface area contributed by atoms with Crippen LogP contribution in [0.25, 0.3) is 12.2 Å². The van der Waals surface area contributed by atoms with E-state index < -0.39 is 0 Å². The maximum absolute atomic E-state index is 12.8. The van der Waals surface area contributed by atoms with Crippen LogP contribution >= 0.6 is 0 Å². The third-order valence-electron chi connectivity index (χ3n) is 3.05. The molecule has 0 atom stereocenters. The van der Waals surface area contributed by atoms with E-state index in [9.17, 15) is 9.18 Å². The minimum atomic E-state index is -0.271. The fraction of sp³-hybridized carbons (Fsp3) is 0.176. The van der Waals surface area contributed by atoms with E-state index in [2.05, 4.69) is 6.07 Å². The molecule has 106 valence electrons. The number of rotatable bonds is 5. The van der Waals surface area contributed by atoms with E-state index >= 15 is 0 Å². The molecule has 0 bridgehead atoms. The van der Waals surface area contributed by atoms with Gasteiger partial charge in [-0.15, -0.1) is 0 Å². The lowest BCUT2D eigenvalue weighted by molar-refractivity contribution is 0.628. The second kappa shape index (κ2) is 7.20. The van der Waals surface area contributed by atoms with Gasteiger partial charge >= 0.3 is 0 Å². The number of benzene rings is 1. The fourth-order valence-corrected chi connectivity index (χ4v) is 1.91. The van der Waals surface area contributed by atoms with E-state index in [-0.39, 0.29) is 11.4 Å². The highest BCUT2D eigenvalue weighted by atomic mass is 19.1. The zero-order valence-corrected chi connectivity index (χ0v) is 11.5. The SMILES string of the molecule is N#CCCCn1ccc(/C=C/c2ccc(F)cc2)cc1=O. The van der Waals surface area contributed by atoms with Crippen LogP contribution in [0, 0.1) is 17.1 Å². The number of nitrogens with zero attached hydrogens (tertiary/aromatic N) is 2. The van der Waals surface area contributed by atoms with Gasteiger partial charge in [0.25, 0.3) is 5.56 Å². The summed E-state index contributed by atoms with van der Waals surface area (Å²) >= 11 is 0. The minimum Gasteiger partial charge on any atom is -0.315 e. The zero-order valence-electron chi connectivity index (χ0n) is 11.5. The quantitative estimate of drug-likeness (QED) is 0.788. The highest BCUT2D eigenvalue weighted by Gasteiger charge is 1.97. The van der Waals surface area contributed by atoms with Gasteiger partial charge in [-0.2, -0.15) is 5.26 Å². The van der Waals surface area contributed by atoms with Crippen LogP contribution in [0.3, 0.4) is 0 Å². The van der Waals surface area contributed by atoms with E-state index in [1.165, 1.54) is 12.1 Å². The van der Waals surface area contributed by atoms with Gasteiger partial charge in [-0.1, -0.05) is 24.3 Å². The highest BCUT2D eigenvalue weighted by Crippen LogP contribution is 2.08. The number of aromatic nitrogens is 1. The summed E-state index contributed by atoms with van der Waals surface area (Å²) in [6, 6.07) is 11.6. The van der Waals surface area contributed by atoms with Crippen LogP contribution < -0.4 is 5.56 Å². The van der Waals surface area contributed by atoms with Crippen molar-refractivity contribution >= 4 is 12.2 Å². The predicted molar refractivity (Wildman–Crippen MR) is 80.9 cm³/mol. The molecule has 0 aliphatic carbocycles. The number of halogens is 1. The molecule has 0 unspecified atom stereocenters. The second-order valence-corrected chi connectivity index (χ2v) is 4.64. The molecule has 0 N–H and O–H groups in total. The van der Waals surface area contributed by atoms with Crippen LogP contribution in [0.2, 0.25) is 0 Å². The Balaban J connectivity index is 2.08. The Morgan fingerprint density at radius 3 is 2.52 bits per heavy atom. The third kappa shape index (κ3) is 4.43. The van der Waals surface area contributed by atoms with Crippen LogP contribution in [0.5, 0.6) is 0 Å². The topological polar surface area (TPSA) is 45.8 Å². The molecule has 0 aliphatic heterocycles. The molecule has 2 aromatic rings. The zero-order chi connectivity index (χ0) is 15.1. The van der Waals surface area contributed by atoms with Gasteiger partial charge in [0, 0.05) is 25.2 Å². The van der Waals surface area contributed by atoms with Crippen molar-refractivity contribution in [2.75, 3.05) is 0 Å². The van der Waals surface area contributed by atoms with Crippen molar-refractivity contribution in [2.45, 2.75) is 19.4 Å². The number of hydrogen-bond acceptors (Lipinski definition) is 2. The van der Waals surface area contributed by atoms with Crippen LogP contribution in [0.15, 0.2) is 47.4 Å². The monoisotopic (exact) mass is 282 g/mol. The molecule has 3 nitrogen and oxygen atoms in total. The predicted octanol–water partition coefficient (Wildman–Crippen LogP) is 3.46. The molecule has 21 heavy (non-hydrogen) atoms. The standard InChI is InChI=1S/C17H15FN2O/c18-16-7-5-14(6-8-16)3-4-15-9-12-20(17(21)13-15)11-2-1-10-19/h3-9,12-13H,1-2,11H2/b4-3+. The largest absolute Gasteiger partial charge is 0.315 e. The van der Waals surface area contributed by atoms with Gasteiger partial charge in [-0.25, -0.2) is 4.39 Å². The van der Waals surface area contributed by atoms with Crippen molar-refractivity contribution in [3.05, 3.63) is 69.9 Å². The Morgan fingerprint density at radius 1 is 1.14 bits per heavy atom. The molecule has 0 saturated carbocycles. The average molecular weight is 282 g/mol. The Kier molecular flexibility index (Phi) is 5.05. The van der Waals surface area contributed by atoms with Gasteiger partial charge in [0.1, 0.15) is 5.82 Å². The van der Waals surface area contributed by atoms with Crippen molar-refractivity contribution in [1.82, 2.24) is 4.57 Å². The first kappa shape index (κ1) is 14.7. The lowest BCUT2D eigenvalue weighted by Crippen LogP contribution is -2.18. The van der Waals surface area contributed by atoms with Crippen molar-refractivity contribution < 1.29 is 4.39 Å². The maximum atomic E-state index is 12.8. The van der Waals surface area contributed by atoms with Gasteiger partial charge in [0.15, 0.2) is 0 Å². The molecular weight excluding hydrogens is 267 g/mol. The summed E-state index contributed by atoms with van der Waals surface area (Å²) in [5.74, 6) is -0.271. The lowest BCUT2D eigenvalue weighted by Gasteiger charge is -2.03. The van der Waals surface area contributed by atoms with Crippen LogP contribution in [-0.4, -0.2) is 4.57 Å². The molecule has 1 heterocycles. The molecule has 2 rings (SSSR count). The molecular formula is C17H15FN2O. The van der Waals surface area contributed by atoms with E-state index in [0.29, 0.717) is 19.4 Å². The van der Waals surface area contributed by atoms with Gasteiger partial charge in [-0.05, 0) is 35.7 Å². The molecule has 0 aliphatic rings. The molecule has 0 saturated heterocycles. The van der Waals surface area contributed by atoms with Crippen LogP contribution in [0.1, 0.15) is 24.0 Å². The fourth-order valence-electron chi connectivity index (χ4n) is 1.91. The van der Waals surface area contributed by atoms with E-state index in [4.69, 9.17) is 5.26 Å². The summed E-state index contributed by atoms with van der Waals surface area (Å²) in [6.45, 7) is 0.550. The molecule has 4 heteroatoms. The van der Waals surface area contributed by atoms with Crippen molar-refractivity contribution in [3.63, 3.8) is 0 Å². The number of unbranched alkanes of at least 4 members (excludes halogenated alkanes) is 1. The van der Waals surface area contributed by atoms with Gasteiger partial charge in [0.05, 0.1) is 6.07 Å². The first-order valence-electron chi connectivity index (χ1n) is 6.70. The number of nitriles is 1. The molecule has 0 radical (unpaired) electrons. The average Bonchev–Trinajstić information content (AvgIpc) is 2.49. The second-order valence-electron chi connectivity index (χ2n) is 4.64. The Labute approximate surface area is 122 Å². The van der Waals surface area contributed by atoms with Crippen molar-refractivity contribution in [1.29, 1.82) is 5.26 Å². The number of aryl methyl sites for hydroxylation is 1. The van der Waals surface area contributed by atoms with Crippen molar-refractivity contribution in [2.24, 2.45) is 0 Å². The maximum Gasteiger partial charge on any atom is 0.251 e. The van der Waals surface area contributed by atoms with Crippen molar-refractivity contribution in [3.8, 4) is 6.07 Å². The Morgan fingerprint density at radius 2 is 1.86 bits per heavy atom. The third-order valence-corrected chi connectivity index (χ3v) is 3.05. The summed E-state index contributed by atoms with van der Waals surface area (Å²) in [7, 11) is 0. The normalized spacial score (nSPS) is 10.7. The molecule has 0 fully saturated rings. The van der Waals surface area contributed by atoms with E-state index in [1.54, 1.807) is 29.0 Å². The van der Waals surface area contributed by atoms with E-state index in [0.717, 1.165) is 11.1 Å².